The molecule has 3 rings (SSSR count). The van der Waals surface area contributed by atoms with Crippen LogP contribution in [-0.2, 0) is 4.21 Å². The Bertz CT molecular complexity index is 513. The molecule has 1 aliphatic carbocycles. The van der Waals surface area contributed by atoms with Crippen molar-refractivity contribution in [3.8, 4) is 0 Å². The minimum atomic E-state index is -0.0138. The van der Waals surface area contributed by atoms with Gasteiger partial charge in [0.1, 0.15) is 0 Å². The van der Waals surface area contributed by atoms with E-state index in [1.807, 2.05) is 0 Å². The molecule has 1 unspecified atom stereocenters. The molecule has 0 fully saturated rings. The summed E-state index contributed by atoms with van der Waals surface area (Å²) in [6, 6.07) is 12.7. The molecule has 2 heteroatoms. The molecule has 0 saturated heterocycles. The molecular formula is C13H10LiN. The molecule has 0 amide bonds. The quantitative estimate of drug-likeness (QED) is 0.604. The number of fused-ring (bicyclic) bond motifs is 1. The molecule has 0 radical (unpaired) electrons. The molecule has 1 aromatic carbocycles. The van der Waals surface area contributed by atoms with Gasteiger partial charge in [0.25, 0.3) is 0 Å². The van der Waals surface area contributed by atoms with Crippen LogP contribution in [-0.4, -0.2) is 22.3 Å². The summed E-state index contributed by atoms with van der Waals surface area (Å²) in [5, 5.41) is 0. The van der Waals surface area contributed by atoms with Crippen LogP contribution in [0.4, 0.5) is 0 Å². The first-order valence-corrected chi connectivity index (χ1v) is 5.23. The number of rotatable bonds is 1. The second-order valence-corrected chi connectivity index (χ2v) is 4.16. The van der Waals surface area contributed by atoms with Gasteiger partial charge in [-0.15, -0.1) is 0 Å². The molecule has 2 aromatic rings. The van der Waals surface area contributed by atoms with Crippen molar-refractivity contribution in [2.24, 2.45) is 0 Å². The third kappa shape index (κ3) is 1.24. The fraction of sp³-hybridized carbons (Fsp3) is 0.0769. The van der Waals surface area contributed by atoms with Gasteiger partial charge in [-0.25, -0.2) is 0 Å². The number of hydrogen-bond acceptors (Lipinski definition) is 0. The summed E-state index contributed by atoms with van der Waals surface area (Å²) >= 11 is 2.25. The van der Waals surface area contributed by atoms with Gasteiger partial charge in [0, 0.05) is 0 Å². The van der Waals surface area contributed by atoms with Crippen molar-refractivity contribution in [3.63, 3.8) is 0 Å². The van der Waals surface area contributed by atoms with Crippen LogP contribution in [0.25, 0.3) is 6.08 Å². The monoisotopic (exact) mass is 187 g/mol. The van der Waals surface area contributed by atoms with Gasteiger partial charge in [-0.3, -0.25) is 0 Å². The van der Waals surface area contributed by atoms with E-state index in [0.717, 1.165) is 0 Å². The van der Waals surface area contributed by atoms with Crippen LogP contribution in [0, 0.1) is 0 Å². The predicted molar refractivity (Wildman–Crippen MR) is 62.7 cm³/mol. The van der Waals surface area contributed by atoms with E-state index in [2.05, 4.69) is 83.2 Å². The molecule has 0 aliphatic heterocycles. The summed E-state index contributed by atoms with van der Waals surface area (Å²) in [5.74, 6) is 0. The average molecular weight is 187 g/mol. The fourth-order valence-corrected chi connectivity index (χ4v) is 2.31. The van der Waals surface area contributed by atoms with Gasteiger partial charge in [-0.05, 0) is 0 Å². The molecule has 0 saturated carbocycles. The molecular weight excluding hydrogens is 177 g/mol. The van der Waals surface area contributed by atoms with Crippen LogP contribution in [0.5, 0.6) is 0 Å². The summed E-state index contributed by atoms with van der Waals surface area (Å²) < 4.78 is 2.23. The maximum atomic E-state index is 2.26. The zero-order valence-electron chi connectivity index (χ0n) is 8.72. The Kier molecular flexibility index (Phi) is 1.92. The molecule has 0 spiro atoms. The SMILES string of the molecule is [Li][C]1(n2cccc2)C=Cc2ccccc21. The van der Waals surface area contributed by atoms with Crippen molar-refractivity contribution in [2.75, 3.05) is 0 Å². The van der Waals surface area contributed by atoms with E-state index in [0.29, 0.717) is 0 Å². The topological polar surface area (TPSA) is 4.93 Å². The van der Waals surface area contributed by atoms with Gasteiger partial charge in [0.15, 0.2) is 0 Å². The van der Waals surface area contributed by atoms with E-state index in [4.69, 9.17) is 0 Å². The number of hydrogen-bond donors (Lipinski definition) is 0. The molecule has 68 valence electrons. The maximum absolute atomic E-state index is 2.26. The number of benzene rings is 1. The first-order chi connectivity index (χ1) is 7.31. The Hall–Kier alpha value is -1.16. The van der Waals surface area contributed by atoms with Gasteiger partial charge in [-0.1, -0.05) is 0 Å². The van der Waals surface area contributed by atoms with E-state index in [1.165, 1.54) is 11.1 Å². The second kappa shape index (κ2) is 3.17. The van der Waals surface area contributed by atoms with E-state index in [1.54, 1.807) is 0 Å². The van der Waals surface area contributed by atoms with E-state index in [-0.39, 0.29) is 4.21 Å². The van der Waals surface area contributed by atoms with Crippen LogP contribution in [0.15, 0.2) is 54.9 Å². The molecule has 1 aromatic heterocycles. The Morgan fingerprint density at radius 1 is 1.00 bits per heavy atom. The van der Waals surface area contributed by atoms with Gasteiger partial charge in [-0.2, -0.15) is 0 Å². The molecule has 1 aliphatic rings. The second-order valence-electron chi connectivity index (χ2n) is 4.16. The minimum absolute atomic E-state index is 0.0138. The summed E-state index contributed by atoms with van der Waals surface area (Å²) in [4.78, 5) is 0. The van der Waals surface area contributed by atoms with Crippen molar-refractivity contribution in [3.05, 3.63) is 66.0 Å². The van der Waals surface area contributed by atoms with Crippen molar-refractivity contribution in [1.82, 2.24) is 4.57 Å². The average Bonchev–Trinajstić information content (AvgIpc) is 2.88. The summed E-state index contributed by atoms with van der Waals surface area (Å²) in [6.07, 6.45) is 8.70. The number of aromatic nitrogens is 1. The number of allylic oxidation sites excluding steroid dienone is 1. The predicted octanol–water partition coefficient (Wildman–Crippen LogP) is 2.38. The van der Waals surface area contributed by atoms with Crippen LogP contribution in [0.2, 0.25) is 0 Å². The summed E-state index contributed by atoms with van der Waals surface area (Å²) in [7, 11) is 0. The van der Waals surface area contributed by atoms with E-state index < -0.39 is 0 Å². The van der Waals surface area contributed by atoms with Crippen LogP contribution in [0.1, 0.15) is 11.1 Å². The normalized spacial score (nSPS) is 23.1. The molecule has 15 heavy (non-hydrogen) atoms. The fourth-order valence-electron chi connectivity index (χ4n) is 2.31. The van der Waals surface area contributed by atoms with Gasteiger partial charge >= 0.3 is 98.6 Å². The third-order valence-electron chi connectivity index (χ3n) is 3.23. The summed E-state index contributed by atoms with van der Waals surface area (Å²) in [5.41, 5.74) is 2.70. The Balaban J connectivity index is 2.21. The summed E-state index contributed by atoms with van der Waals surface area (Å²) in [6.45, 7) is 0. The molecule has 0 bridgehead atoms. The van der Waals surface area contributed by atoms with E-state index in [9.17, 15) is 0 Å². The van der Waals surface area contributed by atoms with E-state index >= 15 is 0 Å². The van der Waals surface area contributed by atoms with Crippen LogP contribution >= 0.6 is 0 Å². The zero-order valence-corrected chi connectivity index (χ0v) is 8.72. The zero-order chi connectivity index (χ0) is 10.3. The molecule has 1 heterocycles. The van der Waals surface area contributed by atoms with Gasteiger partial charge < -0.3 is 0 Å². The Morgan fingerprint density at radius 2 is 1.73 bits per heavy atom. The van der Waals surface area contributed by atoms with Crippen molar-refractivity contribution < 1.29 is 0 Å². The number of nitrogens with zero attached hydrogens (tertiary/aromatic N) is 1. The standard InChI is InChI=1S/C13H10N.Li/c1-2-6-12-11(5-1)7-8-13(12)14-9-3-4-10-14;/h1-10H;. The Morgan fingerprint density at radius 3 is 2.53 bits per heavy atom. The first kappa shape index (κ1) is 9.09. The Labute approximate surface area is 98.6 Å². The first-order valence-electron chi connectivity index (χ1n) is 5.23. The van der Waals surface area contributed by atoms with Crippen LogP contribution in [0.3, 0.4) is 0 Å². The van der Waals surface area contributed by atoms with Crippen molar-refractivity contribution in [2.45, 2.75) is 4.21 Å². The third-order valence-corrected chi connectivity index (χ3v) is 3.23. The van der Waals surface area contributed by atoms with Crippen molar-refractivity contribution >= 4 is 23.8 Å². The van der Waals surface area contributed by atoms with Gasteiger partial charge in [0.2, 0.25) is 0 Å². The van der Waals surface area contributed by atoms with Crippen molar-refractivity contribution in [1.29, 1.82) is 0 Å². The molecule has 1 nitrogen and oxygen atoms in total. The molecule has 0 N–H and O–H groups in total. The van der Waals surface area contributed by atoms with Crippen LogP contribution < -0.4 is 0 Å². The molecule has 1 atom stereocenters. The van der Waals surface area contributed by atoms with Gasteiger partial charge in [0.05, 0.1) is 0 Å².